The molecule has 1 aromatic carbocycles. The molecule has 0 aliphatic carbocycles. The Balaban J connectivity index is 1.61. The third-order valence-corrected chi connectivity index (χ3v) is 4.52. The summed E-state index contributed by atoms with van der Waals surface area (Å²) in [7, 11) is 3.56. The minimum atomic E-state index is -0.144. The first kappa shape index (κ1) is 16.5. The number of aryl methyl sites for hydroxylation is 1. The van der Waals surface area contributed by atoms with Gasteiger partial charge in [-0.15, -0.1) is 0 Å². The lowest BCUT2D eigenvalue weighted by molar-refractivity contribution is 0.101. The zero-order valence-electron chi connectivity index (χ0n) is 14.2. The molecule has 2 heterocycles. The van der Waals surface area contributed by atoms with Crippen LogP contribution >= 0.6 is 0 Å². The van der Waals surface area contributed by atoms with Crippen LogP contribution in [0.2, 0.25) is 0 Å². The quantitative estimate of drug-likeness (QED) is 0.918. The van der Waals surface area contributed by atoms with E-state index in [0.29, 0.717) is 6.54 Å². The molecule has 0 saturated carbocycles. The number of nitrogens with one attached hydrogen (secondary N) is 1. The topological polar surface area (TPSA) is 59.4 Å². The molecule has 1 N–H and O–H groups in total. The van der Waals surface area contributed by atoms with Crippen LogP contribution in [0.15, 0.2) is 42.7 Å². The molecule has 2 aromatic rings. The van der Waals surface area contributed by atoms with Gasteiger partial charge in [-0.1, -0.05) is 30.3 Å². The molecule has 1 aromatic heterocycles. The van der Waals surface area contributed by atoms with Crippen LogP contribution in [-0.2, 0) is 11.8 Å². The van der Waals surface area contributed by atoms with Gasteiger partial charge >= 0.3 is 6.03 Å². The van der Waals surface area contributed by atoms with Crippen LogP contribution in [0.5, 0.6) is 0 Å². The molecule has 0 bridgehead atoms. The van der Waals surface area contributed by atoms with E-state index in [1.165, 1.54) is 0 Å². The second kappa shape index (κ2) is 7.49. The number of nitrogens with zero attached hydrogens (tertiary/aromatic N) is 3. The Labute approximate surface area is 142 Å². The molecule has 0 unspecified atom stereocenters. The lowest BCUT2D eigenvalue weighted by Gasteiger charge is -2.25. The van der Waals surface area contributed by atoms with Gasteiger partial charge in [0.1, 0.15) is 0 Å². The van der Waals surface area contributed by atoms with E-state index < -0.39 is 0 Å². The van der Waals surface area contributed by atoms with E-state index in [9.17, 15) is 4.79 Å². The number of likely N-dealkylation sites (tertiary alicyclic amines) is 1. The molecule has 3 rings (SSSR count). The number of amides is 2. The van der Waals surface area contributed by atoms with Gasteiger partial charge in [0.05, 0.1) is 18.3 Å². The molecule has 1 aliphatic heterocycles. The minimum absolute atomic E-state index is 0.0423. The molecular formula is C18H24N4O2. The first-order valence-electron chi connectivity index (χ1n) is 8.30. The third kappa shape index (κ3) is 3.59. The summed E-state index contributed by atoms with van der Waals surface area (Å²) in [5.41, 5.74) is 2.15. The van der Waals surface area contributed by atoms with Crippen LogP contribution in [0.1, 0.15) is 36.1 Å². The zero-order chi connectivity index (χ0) is 16.9. The average molecular weight is 328 g/mol. The Hall–Kier alpha value is -2.34. The van der Waals surface area contributed by atoms with Crippen LogP contribution in [0.4, 0.5) is 4.79 Å². The second-order valence-corrected chi connectivity index (χ2v) is 6.12. The van der Waals surface area contributed by atoms with E-state index in [1.807, 2.05) is 54.7 Å². The molecule has 24 heavy (non-hydrogen) atoms. The van der Waals surface area contributed by atoms with E-state index in [-0.39, 0.29) is 18.2 Å². The van der Waals surface area contributed by atoms with Gasteiger partial charge in [-0.25, -0.2) is 4.79 Å². The van der Waals surface area contributed by atoms with Crippen LogP contribution < -0.4 is 5.32 Å². The molecule has 2 atom stereocenters. The van der Waals surface area contributed by atoms with Crippen molar-refractivity contribution in [3.05, 3.63) is 53.9 Å². The molecular weight excluding hydrogens is 304 g/mol. The van der Waals surface area contributed by atoms with Crippen molar-refractivity contribution in [3.8, 4) is 0 Å². The SMILES string of the molecule is CO[C@@H](CNC(=O)N1CCC[C@H]1c1cnn(C)c1)c1ccccc1. The Morgan fingerprint density at radius 2 is 2.21 bits per heavy atom. The number of urea groups is 1. The zero-order valence-corrected chi connectivity index (χ0v) is 14.2. The highest BCUT2D eigenvalue weighted by Gasteiger charge is 2.31. The smallest absolute Gasteiger partial charge is 0.318 e. The van der Waals surface area contributed by atoms with Crippen molar-refractivity contribution in [2.75, 3.05) is 20.2 Å². The first-order valence-corrected chi connectivity index (χ1v) is 8.30. The van der Waals surface area contributed by atoms with Gasteiger partial charge in [0, 0.05) is 39.0 Å². The van der Waals surface area contributed by atoms with Crippen LogP contribution in [0, 0.1) is 0 Å². The summed E-state index contributed by atoms with van der Waals surface area (Å²) in [6, 6.07) is 10.0. The second-order valence-electron chi connectivity index (χ2n) is 6.12. The van der Waals surface area contributed by atoms with Gasteiger partial charge in [-0.2, -0.15) is 5.10 Å². The average Bonchev–Trinajstić information content (AvgIpc) is 3.25. The predicted octanol–water partition coefficient (Wildman–Crippen LogP) is 2.65. The number of rotatable bonds is 5. The maximum atomic E-state index is 12.6. The largest absolute Gasteiger partial charge is 0.375 e. The van der Waals surface area contributed by atoms with E-state index in [4.69, 9.17) is 4.74 Å². The fourth-order valence-corrected chi connectivity index (χ4v) is 3.26. The number of benzene rings is 1. The van der Waals surface area contributed by atoms with Crippen LogP contribution in [-0.4, -0.2) is 40.9 Å². The number of methoxy groups -OCH3 is 1. The van der Waals surface area contributed by atoms with Gasteiger partial charge in [0.25, 0.3) is 0 Å². The third-order valence-electron chi connectivity index (χ3n) is 4.52. The molecule has 0 radical (unpaired) electrons. The summed E-state index contributed by atoms with van der Waals surface area (Å²) in [5, 5.41) is 7.24. The number of hydrogen-bond donors (Lipinski definition) is 1. The fraction of sp³-hybridized carbons (Fsp3) is 0.444. The summed E-state index contributed by atoms with van der Waals surface area (Å²) in [4.78, 5) is 14.5. The van der Waals surface area contributed by atoms with Crippen molar-refractivity contribution in [2.24, 2.45) is 7.05 Å². The lowest BCUT2D eigenvalue weighted by Crippen LogP contribution is -2.41. The van der Waals surface area contributed by atoms with Crippen molar-refractivity contribution < 1.29 is 9.53 Å². The van der Waals surface area contributed by atoms with E-state index in [0.717, 1.165) is 30.5 Å². The van der Waals surface area contributed by atoms with Crippen LogP contribution in [0.25, 0.3) is 0 Å². The highest BCUT2D eigenvalue weighted by Crippen LogP contribution is 2.31. The van der Waals surface area contributed by atoms with Crippen molar-refractivity contribution in [3.63, 3.8) is 0 Å². The van der Waals surface area contributed by atoms with Crippen molar-refractivity contribution in [1.29, 1.82) is 0 Å². The molecule has 6 heteroatoms. The maximum absolute atomic E-state index is 12.6. The van der Waals surface area contributed by atoms with Crippen molar-refractivity contribution >= 4 is 6.03 Å². The van der Waals surface area contributed by atoms with Crippen molar-refractivity contribution in [1.82, 2.24) is 20.0 Å². The lowest BCUT2D eigenvalue weighted by atomic mass is 10.1. The van der Waals surface area contributed by atoms with Gasteiger partial charge in [0.2, 0.25) is 0 Å². The maximum Gasteiger partial charge on any atom is 0.318 e. The predicted molar refractivity (Wildman–Crippen MR) is 91.5 cm³/mol. The summed E-state index contributed by atoms with van der Waals surface area (Å²) < 4.78 is 7.30. The summed E-state index contributed by atoms with van der Waals surface area (Å²) >= 11 is 0. The highest BCUT2D eigenvalue weighted by molar-refractivity contribution is 5.75. The normalized spacial score (nSPS) is 18.6. The molecule has 1 fully saturated rings. The molecule has 6 nitrogen and oxygen atoms in total. The Morgan fingerprint density at radius 1 is 1.42 bits per heavy atom. The van der Waals surface area contributed by atoms with Crippen LogP contribution in [0.3, 0.4) is 0 Å². The molecule has 0 spiro atoms. The Kier molecular flexibility index (Phi) is 5.15. The van der Waals surface area contributed by atoms with E-state index >= 15 is 0 Å². The number of hydrogen-bond acceptors (Lipinski definition) is 3. The monoisotopic (exact) mass is 328 g/mol. The first-order chi connectivity index (χ1) is 11.7. The Morgan fingerprint density at radius 3 is 2.88 bits per heavy atom. The van der Waals surface area contributed by atoms with Gasteiger partial charge in [-0.05, 0) is 18.4 Å². The fourth-order valence-electron chi connectivity index (χ4n) is 3.26. The summed E-state index contributed by atoms with van der Waals surface area (Å²) in [5.74, 6) is 0. The van der Waals surface area contributed by atoms with Crippen molar-refractivity contribution in [2.45, 2.75) is 25.0 Å². The van der Waals surface area contributed by atoms with Gasteiger partial charge in [0.15, 0.2) is 0 Å². The number of carbonyl (C=O) groups is 1. The molecule has 128 valence electrons. The summed E-state index contributed by atoms with van der Waals surface area (Å²) in [6.07, 6.45) is 5.68. The van der Waals surface area contributed by atoms with E-state index in [1.54, 1.807) is 11.8 Å². The molecule has 1 saturated heterocycles. The number of aromatic nitrogens is 2. The number of ether oxygens (including phenoxy) is 1. The standard InChI is InChI=1S/C18H24N4O2/c1-21-13-15(11-20-21)16-9-6-10-22(16)18(23)19-12-17(24-2)14-7-4-3-5-8-14/h3-5,7-8,11,13,16-17H,6,9-10,12H2,1-2H3,(H,19,23)/t16-,17-/m0/s1. The Bertz CT molecular complexity index is 671. The summed E-state index contributed by atoms with van der Waals surface area (Å²) in [6.45, 7) is 1.23. The van der Waals surface area contributed by atoms with Gasteiger partial charge in [-0.3, -0.25) is 4.68 Å². The number of carbonyl (C=O) groups excluding carboxylic acids is 1. The highest BCUT2D eigenvalue weighted by atomic mass is 16.5. The van der Waals surface area contributed by atoms with Gasteiger partial charge < -0.3 is 15.0 Å². The molecule has 1 aliphatic rings. The van der Waals surface area contributed by atoms with E-state index in [2.05, 4.69) is 10.4 Å². The molecule has 2 amide bonds. The minimum Gasteiger partial charge on any atom is -0.375 e.